The van der Waals surface area contributed by atoms with Gasteiger partial charge in [0.05, 0.1) is 15.9 Å². The lowest BCUT2D eigenvalue weighted by Crippen LogP contribution is -2.14. The van der Waals surface area contributed by atoms with E-state index in [9.17, 15) is 0 Å². The molecule has 1 unspecified atom stereocenters. The van der Waals surface area contributed by atoms with Gasteiger partial charge in [-0.25, -0.2) is 9.97 Å². The molecule has 0 aliphatic heterocycles. The van der Waals surface area contributed by atoms with Crippen LogP contribution in [0.25, 0.3) is 0 Å². The molecular weight excluding hydrogens is 345 g/mol. The molecule has 0 aromatic carbocycles. The van der Waals surface area contributed by atoms with Crippen molar-refractivity contribution in [2.45, 2.75) is 25.6 Å². The van der Waals surface area contributed by atoms with E-state index in [1.807, 2.05) is 7.05 Å². The average Bonchev–Trinajstić information content (AvgIpc) is 3.18. The van der Waals surface area contributed by atoms with Crippen molar-refractivity contribution in [1.82, 2.24) is 9.97 Å². The van der Waals surface area contributed by atoms with E-state index in [-0.39, 0.29) is 6.10 Å². The summed E-state index contributed by atoms with van der Waals surface area (Å²) in [6.07, 6.45) is 2.40. The van der Waals surface area contributed by atoms with Crippen molar-refractivity contribution in [2.24, 2.45) is 5.92 Å². The van der Waals surface area contributed by atoms with E-state index in [1.165, 1.54) is 12.8 Å². The number of hydrogen-bond donors (Lipinski definition) is 1. The maximum Gasteiger partial charge on any atom is 0.160 e. The van der Waals surface area contributed by atoms with Gasteiger partial charge in [-0.05, 0) is 41.4 Å². The summed E-state index contributed by atoms with van der Waals surface area (Å²) in [6.45, 7) is 0.490. The Balaban J connectivity index is 2.36. The first kappa shape index (κ1) is 14.0. The number of halogens is 1. The Morgan fingerprint density at radius 1 is 1.39 bits per heavy atom. The second-order valence-electron chi connectivity index (χ2n) is 4.37. The Hall–Kier alpha value is -0.470. The molecule has 100 valence electrons. The lowest BCUT2D eigenvalue weighted by Gasteiger charge is -2.16. The molecule has 0 spiro atoms. The molecule has 5 nitrogen and oxygen atoms in total. The zero-order chi connectivity index (χ0) is 13.1. The Morgan fingerprint density at radius 3 is 2.61 bits per heavy atom. The predicted octanol–water partition coefficient (Wildman–Crippen LogP) is 2.37. The van der Waals surface area contributed by atoms with Crippen molar-refractivity contribution >= 4 is 28.4 Å². The first-order valence-corrected chi connectivity index (χ1v) is 7.05. The maximum absolute atomic E-state index is 5.54. The second kappa shape index (κ2) is 6.12. The van der Waals surface area contributed by atoms with Crippen molar-refractivity contribution in [3.8, 4) is 0 Å². The highest BCUT2D eigenvalue weighted by atomic mass is 127. The minimum Gasteiger partial charge on any atom is -0.378 e. The number of nitrogens with zero attached hydrogens (tertiary/aromatic N) is 2. The van der Waals surface area contributed by atoms with Gasteiger partial charge in [0.2, 0.25) is 0 Å². The molecular formula is C12H18IN3O2. The standard InChI is InChI=1S/C12H18IN3O2/c1-14-11-9(13)8(6-17-2)15-12(16-11)10(18-3)7-4-5-7/h7,10H,4-6H2,1-3H3,(H,14,15,16). The fourth-order valence-corrected chi connectivity index (χ4v) is 2.61. The number of nitrogens with one attached hydrogen (secondary N) is 1. The minimum atomic E-state index is 0.00436. The lowest BCUT2D eigenvalue weighted by atomic mass is 10.2. The first-order chi connectivity index (χ1) is 8.71. The highest BCUT2D eigenvalue weighted by molar-refractivity contribution is 14.1. The number of hydrogen-bond acceptors (Lipinski definition) is 5. The molecule has 1 fully saturated rings. The molecule has 0 bridgehead atoms. The SMILES string of the molecule is CNc1nc(C(OC)C2CC2)nc(COC)c1I. The van der Waals surface area contributed by atoms with E-state index in [0.717, 1.165) is 20.9 Å². The molecule has 1 saturated carbocycles. The van der Waals surface area contributed by atoms with E-state index in [0.29, 0.717) is 12.5 Å². The normalized spacial score (nSPS) is 16.7. The molecule has 1 heterocycles. The van der Waals surface area contributed by atoms with Gasteiger partial charge in [-0.15, -0.1) is 0 Å². The fourth-order valence-electron chi connectivity index (χ4n) is 1.95. The summed E-state index contributed by atoms with van der Waals surface area (Å²) in [6, 6.07) is 0. The maximum atomic E-state index is 5.54. The van der Waals surface area contributed by atoms with Crippen molar-refractivity contribution in [3.63, 3.8) is 0 Å². The van der Waals surface area contributed by atoms with Crippen molar-refractivity contribution in [3.05, 3.63) is 15.1 Å². The Kier molecular flexibility index (Phi) is 4.74. The molecule has 2 rings (SSSR count). The number of methoxy groups -OCH3 is 2. The topological polar surface area (TPSA) is 56.3 Å². The summed E-state index contributed by atoms with van der Waals surface area (Å²) in [4.78, 5) is 9.15. The van der Waals surface area contributed by atoms with Crippen LogP contribution in [0.3, 0.4) is 0 Å². The molecule has 1 N–H and O–H groups in total. The predicted molar refractivity (Wildman–Crippen MR) is 77.5 cm³/mol. The van der Waals surface area contributed by atoms with Crippen LogP contribution in [0, 0.1) is 9.49 Å². The Labute approximate surface area is 121 Å². The summed E-state index contributed by atoms with van der Waals surface area (Å²) in [5.74, 6) is 2.17. The van der Waals surface area contributed by atoms with Crippen molar-refractivity contribution < 1.29 is 9.47 Å². The highest BCUT2D eigenvalue weighted by Gasteiger charge is 2.35. The monoisotopic (exact) mass is 363 g/mol. The van der Waals surface area contributed by atoms with Crippen LogP contribution in [-0.4, -0.2) is 31.2 Å². The molecule has 1 atom stereocenters. The average molecular weight is 363 g/mol. The van der Waals surface area contributed by atoms with Gasteiger partial charge in [-0.2, -0.15) is 0 Å². The largest absolute Gasteiger partial charge is 0.378 e. The molecule has 1 aliphatic rings. The van der Waals surface area contributed by atoms with Crippen LogP contribution in [0.5, 0.6) is 0 Å². The third-order valence-corrected chi connectivity index (χ3v) is 4.15. The summed E-state index contributed by atoms with van der Waals surface area (Å²) in [5.41, 5.74) is 0.912. The lowest BCUT2D eigenvalue weighted by molar-refractivity contribution is 0.0765. The molecule has 1 aromatic rings. The number of anilines is 1. The van der Waals surface area contributed by atoms with Gasteiger partial charge in [0.25, 0.3) is 0 Å². The van der Waals surface area contributed by atoms with Gasteiger partial charge in [0, 0.05) is 21.3 Å². The summed E-state index contributed by atoms with van der Waals surface area (Å²) in [7, 11) is 5.26. The Morgan fingerprint density at radius 2 is 2.11 bits per heavy atom. The zero-order valence-electron chi connectivity index (χ0n) is 10.9. The minimum absolute atomic E-state index is 0.00436. The summed E-state index contributed by atoms with van der Waals surface area (Å²) >= 11 is 2.24. The van der Waals surface area contributed by atoms with Gasteiger partial charge in [-0.1, -0.05) is 0 Å². The number of ether oxygens (including phenoxy) is 2. The van der Waals surface area contributed by atoms with Crippen molar-refractivity contribution in [2.75, 3.05) is 26.6 Å². The smallest absolute Gasteiger partial charge is 0.160 e. The molecule has 1 aromatic heterocycles. The van der Waals surface area contributed by atoms with Crippen LogP contribution in [0.1, 0.15) is 30.5 Å². The van der Waals surface area contributed by atoms with Gasteiger partial charge in [0.15, 0.2) is 5.82 Å². The van der Waals surface area contributed by atoms with Crippen LogP contribution in [0.2, 0.25) is 0 Å². The quantitative estimate of drug-likeness (QED) is 0.787. The van der Waals surface area contributed by atoms with Crippen LogP contribution in [-0.2, 0) is 16.1 Å². The van der Waals surface area contributed by atoms with Crippen LogP contribution in [0.15, 0.2) is 0 Å². The summed E-state index contributed by atoms with van der Waals surface area (Å²) < 4.78 is 11.7. The number of aromatic nitrogens is 2. The highest BCUT2D eigenvalue weighted by Crippen LogP contribution is 2.42. The van der Waals surface area contributed by atoms with Crippen LogP contribution >= 0.6 is 22.6 Å². The fraction of sp³-hybridized carbons (Fsp3) is 0.667. The van der Waals surface area contributed by atoms with Gasteiger partial charge in [-0.3, -0.25) is 0 Å². The van der Waals surface area contributed by atoms with Gasteiger partial charge < -0.3 is 14.8 Å². The Bertz CT molecular complexity index is 424. The van der Waals surface area contributed by atoms with E-state index >= 15 is 0 Å². The molecule has 6 heteroatoms. The second-order valence-corrected chi connectivity index (χ2v) is 5.45. The van der Waals surface area contributed by atoms with Gasteiger partial charge >= 0.3 is 0 Å². The molecule has 0 amide bonds. The molecule has 1 aliphatic carbocycles. The molecule has 18 heavy (non-hydrogen) atoms. The third kappa shape index (κ3) is 2.92. The zero-order valence-corrected chi connectivity index (χ0v) is 13.0. The summed E-state index contributed by atoms with van der Waals surface area (Å²) in [5, 5.41) is 3.10. The number of rotatable bonds is 6. The molecule has 0 radical (unpaired) electrons. The van der Waals surface area contributed by atoms with E-state index in [2.05, 4.69) is 37.9 Å². The van der Waals surface area contributed by atoms with Crippen molar-refractivity contribution in [1.29, 1.82) is 0 Å². The molecule has 0 saturated heterocycles. The van der Waals surface area contributed by atoms with E-state index in [4.69, 9.17) is 9.47 Å². The van der Waals surface area contributed by atoms with E-state index in [1.54, 1.807) is 14.2 Å². The van der Waals surface area contributed by atoms with Crippen LogP contribution < -0.4 is 5.32 Å². The third-order valence-electron chi connectivity index (χ3n) is 3.01. The van der Waals surface area contributed by atoms with Gasteiger partial charge in [0.1, 0.15) is 11.9 Å². The first-order valence-electron chi connectivity index (χ1n) is 5.97. The van der Waals surface area contributed by atoms with E-state index < -0.39 is 0 Å². The van der Waals surface area contributed by atoms with Crippen LogP contribution in [0.4, 0.5) is 5.82 Å².